The zero-order chi connectivity index (χ0) is 17.5. The number of ether oxygens (including phenoxy) is 2. The number of esters is 1. The largest absolute Gasteiger partial charge is 0.469 e. The van der Waals surface area contributed by atoms with E-state index in [1.165, 1.54) is 12.0 Å². The molecule has 0 spiro atoms. The molecule has 0 saturated heterocycles. The number of para-hydroxylation sites is 1. The van der Waals surface area contributed by atoms with Gasteiger partial charge in [0, 0.05) is 19.8 Å². The molecular weight excluding hydrogens is 308 g/mol. The lowest BCUT2D eigenvalue weighted by atomic mass is 10.1. The summed E-state index contributed by atoms with van der Waals surface area (Å²) in [5, 5.41) is 0. The van der Waals surface area contributed by atoms with Crippen LogP contribution in [0.2, 0.25) is 0 Å². The highest BCUT2D eigenvalue weighted by molar-refractivity contribution is 5.97. The van der Waals surface area contributed by atoms with Crippen LogP contribution in [0.5, 0.6) is 11.5 Å². The van der Waals surface area contributed by atoms with E-state index < -0.39 is 5.92 Å². The lowest BCUT2D eigenvalue weighted by Gasteiger charge is -2.21. The fourth-order valence-electron chi connectivity index (χ4n) is 2.24. The Bertz CT molecular complexity index is 703. The number of benzene rings is 1. The Morgan fingerprint density at radius 3 is 2.62 bits per heavy atom. The molecule has 1 atom stereocenters. The lowest BCUT2D eigenvalue weighted by Crippen LogP contribution is -2.34. The molecule has 0 fully saturated rings. The lowest BCUT2D eigenvalue weighted by molar-refractivity contribution is -0.145. The Morgan fingerprint density at radius 1 is 1.21 bits per heavy atom. The smallest absolute Gasteiger partial charge is 0.310 e. The van der Waals surface area contributed by atoms with Gasteiger partial charge in [0.2, 0.25) is 0 Å². The second-order valence-corrected chi connectivity index (χ2v) is 5.40. The molecule has 24 heavy (non-hydrogen) atoms. The van der Waals surface area contributed by atoms with E-state index in [-0.39, 0.29) is 18.4 Å². The number of methoxy groups -OCH3 is 1. The number of rotatable bonds is 6. The van der Waals surface area contributed by atoms with Gasteiger partial charge in [-0.2, -0.15) is 0 Å². The van der Waals surface area contributed by atoms with Crippen molar-refractivity contribution >= 4 is 11.9 Å². The van der Waals surface area contributed by atoms with Gasteiger partial charge in [-0.15, -0.1) is 0 Å². The van der Waals surface area contributed by atoms with Crippen LogP contribution in [0, 0.1) is 5.92 Å². The Labute approximate surface area is 141 Å². The van der Waals surface area contributed by atoms with Gasteiger partial charge in [-0.3, -0.25) is 14.6 Å². The molecule has 0 aliphatic carbocycles. The van der Waals surface area contributed by atoms with Crippen LogP contribution in [0.4, 0.5) is 0 Å². The van der Waals surface area contributed by atoms with Gasteiger partial charge in [0.25, 0.3) is 5.91 Å². The second-order valence-electron chi connectivity index (χ2n) is 5.40. The van der Waals surface area contributed by atoms with Crippen LogP contribution in [0.1, 0.15) is 17.3 Å². The molecule has 6 heteroatoms. The highest BCUT2D eigenvalue weighted by Gasteiger charge is 2.22. The number of amides is 1. The summed E-state index contributed by atoms with van der Waals surface area (Å²) in [4.78, 5) is 29.7. The van der Waals surface area contributed by atoms with Gasteiger partial charge in [0.15, 0.2) is 0 Å². The molecule has 2 aromatic rings. The topological polar surface area (TPSA) is 68.7 Å². The molecule has 1 heterocycles. The maximum Gasteiger partial charge on any atom is 0.310 e. The number of hydrogen-bond acceptors (Lipinski definition) is 5. The van der Waals surface area contributed by atoms with E-state index in [4.69, 9.17) is 9.47 Å². The average Bonchev–Trinajstić information content (AvgIpc) is 2.61. The first-order valence-electron chi connectivity index (χ1n) is 7.53. The second kappa shape index (κ2) is 8.10. The van der Waals surface area contributed by atoms with Crippen molar-refractivity contribution in [3.63, 3.8) is 0 Å². The number of hydrogen-bond donors (Lipinski definition) is 0. The van der Waals surface area contributed by atoms with Crippen LogP contribution in [0.3, 0.4) is 0 Å². The van der Waals surface area contributed by atoms with Crippen LogP contribution >= 0.6 is 0 Å². The van der Waals surface area contributed by atoms with Gasteiger partial charge in [-0.25, -0.2) is 0 Å². The van der Waals surface area contributed by atoms with Crippen molar-refractivity contribution in [2.24, 2.45) is 5.92 Å². The molecule has 2 rings (SSSR count). The first kappa shape index (κ1) is 17.5. The number of carbonyl (C=O) groups is 2. The monoisotopic (exact) mass is 328 g/mol. The Kier molecular flexibility index (Phi) is 5.89. The number of pyridine rings is 1. The van der Waals surface area contributed by atoms with Gasteiger partial charge < -0.3 is 14.4 Å². The predicted molar refractivity (Wildman–Crippen MR) is 88.9 cm³/mol. The van der Waals surface area contributed by atoms with Crippen molar-refractivity contribution in [3.05, 3.63) is 54.4 Å². The summed E-state index contributed by atoms with van der Waals surface area (Å²) in [5.74, 6) is -0.00783. The minimum Gasteiger partial charge on any atom is -0.469 e. The van der Waals surface area contributed by atoms with Crippen LogP contribution in [0.25, 0.3) is 0 Å². The van der Waals surface area contributed by atoms with Crippen LogP contribution in [-0.2, 0) is 9.53 Å². The van der Waals surface area contributed by atoms with Crippen molar-refractivity contribution < 1.29 is 19.1 Å². The average molecular weight is 328 g/mol. The van der Waals surface area contributed by atoms with Crippen molar-refractivity contribution in [2.75, 3.05) is 20.7 Å². The highest BCUT2D eigenvalue weighted by Crippen LogP contribution is 2.25. The summed E-state index contributed by atoms with van der Waals surface area (Å²) in [6, 6.07) is 10.5. The molecule has 1 amide bonds. The summed E-state index contributed by atoms with van der Waals surface area (Å²) in [7, 11) is 2.97. The number of nitrogens with zero attached hydrogens (tertiary/aromatic N) is 2. The highest BCUT2D eigenvalue weighted by atomic mass is 16.5. The molecule has 0 bridgehead atoms. The van der Waals surface area contributed by atoms with Crippen molar-refractivity contribution in [1.29, 1.82) is 0 Å². The molecule has 126 valence electrons. The van der Waals surface area contributed by atoms with E-state index in [1.807, 2.05) is 0 Å². The van der Waals surface area contributed by atoms with Gasteiger partial charge in [0.05, 0.1) is 24.8 Å². The normalized spacial score (nSPS) is 11.5. The molecule has 6 nitrogen and oxygen atoms in total. The third-order valence-electron chi connectivity index (χ3n) is 3.48. The quantitative estimate of drug-likeness (QED) is 0.763. The van der Waals surface area contributed by atoms with Crippen LogP contribution in [-0.4, -0.2) is 42.5 Å². The zero-order valence-electron chi connectivity index (χ0n) is 13.9. The van der Waals surface area contributed by atoms with Gasteiger partial charge in [-0.1, -0.05) is 19.1 Å². The standard InChI is InChI=1S/C18H20N2O4/c1-13(18(22)23-3)12-20(2)17(21)15-8-4-5-9-16(15)24-14-7-6-10-19-11-14/h4-11,13H,12H2,1-3H3/t13-/m1/s1. The SMILES string of the molecule is COC(=O)[C@H](C)CN(C)C(=O)c1ccccc1Oc1cccnc1. The first-order valence-corrected chi connectivity index (χ1v) is 7.53. The minimum absolute atomic E-state index is 0.231. The Morgan fingerprint density at radius 2 is 1.96 bits per heavy atom. The number of carbonyl (C=O) groups excluding carboxylic acids is 2. The number of aromatic nitrogens is 1. The third-order valence-corrected chi connectivity index (χ3v) is 3.48. The van der Waals surface area contributed by atoms with E-state index in [2.05, 4.69) is 4.98 Å². The van der Waals surface area contributed by atoms with E-state index in [9.17, 15) is 9.59 Å². The predicted octanol–water partition coefficient (Wildman–Crippen LogP) is 2.76. The van der Waals surface area contributed by atoms with Crippen molar-refractivity contribution in [2.45, 2.75) is 6.92 Å². The maximum absolute atomic E-state index is 12.7. The van der Waals surface area contributed by atoms with Crippen molar-refractivity contribution in [1.82, 2.24) is 9.88 Å². The van der Waals surface area contributed by atoms with Gasteiger partial charge >= 0.3 is 5.97 Å². The molecule has 0 aliphatic heterocycles. The fraction of sp³-hybridized carbons (Fsp3) is 0.278. The molecular formula is C18H20N2O4. The molecule has 0 aliphatic rings. The summed E-state index contributed by atoms with van der Waals surface area (Å²) in [5.41, 5.74) is 0.418. The third kappa shape index (κ3) is 4.32. The van der Waals surface area contributed by atoms with E-state index in [0.717, 1.165) is 0 Å². The fourth-order valence-corrected chi connectivity index (χ4v) is 2.24. The van der Waals surface area contributed by atoms with E-state index in [1.54, 1.807) is 62.8 Å². The molecule has 1 aromatic heterocycles. The first-order chi connectivity index (χ1) is 11.5. The molecule has 0 N–H and O–H groups in total. The van der Waals surface area contributed by atoms with Crippen LogP contribution < -0.4 is 4.74 Å². The summed E-state index contributed by atoms with van der Waals surface area (Å²) in [6.07, 6.45) is 3.22. The minimum atomic E-state index is -0.407. The van der Waals surface area contributed by atoms with E-state index in [0.29, 0.717) is 17.1 Å². The van der Waals surface area contributed by atoms with Crippen LogP contribution in [0.15, 0.2) is 48.8 Å². The molecule has 1 aromatic carbocycles. The maximum atomic E-state index is 12.7. The molecule has 0 unspecified atom stereocenters. The zero-order valence-corrected chi connectivity index (χ0v) is 13.9. The van der Waals surface area contributed by atoms with Crippen molar-refractivity contribution in [3.8, 4) is 11.5 Å². The summed E-state index contributed by atoms with van der Waals surface area (Å²) < 4.78 is 10.4. The Hall–Kier alpha value is -2.89. The van der Waals surface area contributed by atoms with Gasteiger partial charge in [-0.05, 0) is 24.3 Å². The summed E-state index contributed by atoms with van der Waals surface area (Å²) >= 11 is 0. The Balaban J connectivity index is 2.16. The summed E-state index contributed by atoms with van der Waals surface area (Å²) in [6.45, 7) is 1.97. The molecule has 0 saturated carbocycles. The van der Waals surface area contributed by atoms with E-state index >= 15 is 0 Å². The molecule has 0 radical (unpaired) electrons. The van der Waals surface area contributed by atoms with Gasteiger partial charge in [0.1, 0.15) is 11.5 Å².